The molecule has 2 heterocycles. The van der Waals surface area contributed by atoms with E-state index in [1.807, 2.05) is 0 Å². The smallest absolute Gasteiger partial charge is 0.287 e. The van der Waals surface area contributed by atoms with Crippen molar-refractivity contribution in [1.82, 2.24) is 20.4 Å². The Kier molecular flexibility index (Phi) is 3.01. The molecule has 0 bridgehead atoms. The average molecular weight is 236 g/mol. The van der Waals surface area contributed by atoms with E-state index in [1.54, 1.807) is 19.2 Å². The zero-order chi connectivity index (χ0) is 11.4. The van der Waals surface area contributed by atoms with Gasteiger partial charge in [-0.3, -0.25) is 4.79 Å². The van der Waals surface area contributed by atoms with E-state index in [0.29, 0.717) is 10.9 Å². The van der Waals surface area contributed by atoms with Crippen molar-refractivity contribution in [3.05, 3.63) is 23.3 Å². The molecule has 0 aliphatic carbocycles. The van der Waals surface area contributed by atoms with E-state index < -0.39 is 0 Å². The van der Waals surface area contributed by atoms with Gasteiger partial charge in [0.15, 0.2) is 5.82 Å². The minimum Gasteiger partial charge on any atom is -0.363 e. The van der Waals surface area contributed by atoms with Crippen molar-refractivity contribution < 1.29 is 4.79 Å². The molecule has 1 amide bonds. The standard InChI is InChI=1S/C8H8N6OS/c1-9-8-14-13-7(16-8)6(15)11-5-3-2-4-10-12-5/h2-4H,1H3,(H,9,14)(H,11,12,15). The van der Waals surface area contributed by atoms with Crippen LogP contribution in [0.1, 0.15) is 9.80 Å². The van der Waals surface area contributed by atoms with Crippen LogP contribution >= 0.6 is 11.3 Å². The summed E-state index contributed by atoms with van der Waals surface area (Å²) in [5.41, 5.74) is 0. The predicted octanol–water partition coefficient (Wildman–Crippen LogP) is 0.622. The number of carbonyl (C=O) groups is 1. The molecule has 0 spiro atoms. The van der Waals surface area contributed by atoms with Gasteiger partial charge in [0, 0.05) is 13.2 Å². The second kappa shape index (κ2) is 4.62. The lowest BCUT2D eigenvalue weighted by Gasteiger charge is -1.98. The monoisotopic (exact) mass is 236 g/mol. The van der Waals surface area contributed by atoms with Gasteiger partial charge in [0.05, 0.1) is 0 Å². The van der Waals surface area contributed by atoms with Crippen molar-refractivity contribution >= 4 is 28.2 Å². The zero-order valence-electron chi connectivity index (χ0n) is 8.34. The summed E-state index contributed by atoms with van der Waals surface area (Å²) in [6, 6.07) is 3.33. The molecule has 0 aliphatic rings. The highest BCUT2D eigenvalue weighted by molar-refractivity contribution is 7.17. The van der Waals surface area contributed by atoms with Crippen molar-refractivity contribution in [1.29, 1.82) is 0 Å². The summed E-state index contributed by atoms with van der Waals surface area (Å²) in [7, 11) is 1.71. The molecule has 2 aromatic rings. The Morgan fingerprint density at radius 3 is 2.88 bits per heavy atom. The lowest BCUT2D eigenvalue weighted by atomic mass is 10.5. The fourth-order valence-corrected chi connectivity index (χ4v) is 1.55. The summed E-state index contributed by atoms with van der Waals surface area (Å²) < 4.78 is 0. The number of hydrogen-bond donors (Lipinski definition) is 2. The van der Waals surface area contributed by atoms with E-state index in [-0.39, 0.29) is 10.9 Å². The van der Waals surface area contributed by atoms with Crippen LogP contribution in [0.3, 0.4) is 0 Å². The Morgan fingerprint density at radius 1 is 1.38 bits per heavy atom. The molecule has 7 nitrogen and oxygen atoms in total. The second-order valence-electron chi connectivity index (χ2n) is 2.73. The molecule has 2 rings (SSSR count). The van der Waals surface area contributed by atoms with Crippen LogP contribution in [0.2, 0.25) is 0 Å². The van der Waals surface area contributed by atoms with Crippen LogP contribution in [0.15, 0.2) is 18.3 Å². The van der Waals surface area contributed by atoms with Gasteiger partial charge in [-0.25, -0.2) is 0 Å². The molecule has 0 unspecified atom stereocenters. The minimum atomic E-state index is -0.348. The Hall–Kier alpha value is -2.09. The molecule has 0 atom stereocenters. The molecule has 8 heteroatoms. The lowest BCUT2D eigenvalue weighted by Crippen LogP contribution is -2.12. The molecular formula is C8H8N6OS. The maximum absolute atomic E-state index is 11.6. The largest absolute Gasteiger partial charge is 0.363 e. The molecule has 82 valence electrons. The van der Waals surface area contributed by atoms with Crippen LogP contribution in [-0.4, -0.2) is 33.3 Å². The Bertz CT molecular complexity index is 484. The van der Waals surface area contributed by atoms with Crippen LogP contribution in [0.5, 0.6) is 0 Å². The van der Waals surface area contributed by atoms with Crippen molar-refractivity contribution in [2.45, 2.75) is 0 Å². The summed E-state index contributed by atoms with van der Waals surface area (Å²) in [5.74, 6) is 0.0354. The summed E-state index contributed by atoms with van der Waals surface area (Å²) in [6.07, 6.45) is 1.53. The van der Waals surface area contributed by atoms with Gasteiger partial charge in [-0.2, -0.15) is 5.10 Å². The summed E-state index contributed by atoms with van der Waals surface area (Å²) in [5, 5.41) is 21.1. The van der Waals surface area contributed by atoms with Crippen LogP contribution in [0.25, 0.3) is 0 Å². The van der Waals surface area contributed by atoms with Crippen LogP contribution < -0.4 is 10.6 Å². The van der Waals surface area contributed by atoms with E-state index in [4.69, 9.17) is 0 Å². The third-order valence-electron chi connectivity index (χ3n) is 1.65. The number of rotatable bonds is 3. The van der Waals surface area contributed by atoms with Gasteiger partial charge in [0.2, 0.25) is 10.1 Å². The quantitative estimate of drug-likeness (QED) is 0.811. The van der Waals surface area contributed by atoms with E-state index in [0.717, 1.165) is 0 Å². The van der Waals surface area contributed by atoms with Gasteiger partial charge < -0.3 is 10.6 Å². The maximum atomic E-state index is 11.6. The highest BCUT2D eigenvalue weighted by atomic mass is 32.1. The van der Waals surface area contributed by atoms with E-state index in [1.165, 1.54) is 17.5 Å². The highest BCUT2D eigenvalue weighted by Gasteiger charge is 2.12. The number of anilines is 2. The number of amides is 1. The van der Waals surface area contributed by atoms with E-state index in [2.05, 4.69) is 31.0 Å². The van der Waals surface area contributed by atoms with Crippen LogP contribution in [-0.2, 0) is 0 Å². The molecule has 0 saturated heterocycles. The molecule has 0 radical (unpaired) electrons. The SMILES string of the molecule is CNc1nnc(C(=O)Nc2cccnn2)s1. The molecular weight excluding hydrogens is 228 g/mol. The van der Waals surface area contributed by atoms with Crippen molar-refractivity contribution in [3.8, 4) is 0 Å². The third kappa shape index (κ3) is 2.28. The Morgan fingerprint density at radius 2 is 2.25 bits per heavy atom. The Balaban J connectivity index is 2.09. The van der Waals surface area contributed by atoms with Gasteiger partial charge in [0.25, 0.3) is 5.91 Å². The first-order valence-electron chi connectivity index (χ1n) is 4.40. The highest BCUT2D eigenvalue weighted by Crippen LogP contribution is 2.15. The number of carbonyl (C=O) groups excluding carboxylic acids is 1. The fraction of sp³-hybridized carbons (Fsp3) is 0.125. The number of aromatic nitrogens is 4. The number of hydrogen-bond acceptors (Lipinski definition) is 7. The fourth-order valence-electron chi connectivity index (χ4n) is 0.954. The first-order chi connectivity index (χ1) is 7.79. The van der Waals surface area contributed by atoms with Gasteiger partial charge in [0.1, 0.15) is 0 Å². The molecule has 2 N–H and O–H groups in total. The average Bonchev–Trinajstić information content (AvgIpc) is 2.79. The van der Waals surface area contributed by atoms with Crippen molar-refractivity contribution in [3.63, 3.8) is 0 Å². The predicted molar refractivity (Wildman–Crippen MR) is 59.4 cm³/mol. The van der Waals surface area contributed by atoms with Crippen LogP contribution in [0.4, 0.5) is 10.9 Å². The number of nitrogens with one attached hydrogen (secondary N) is 2. The summed E-state index contributed by atoms with van der Waals surface area (Å²) in [6.45, 7) is 0. The molecule has 0 saturated carbocycles. The molecule has 0 aromatic carbocycles. The first kappa shape index (κ1) is 10.4. The number of nitrogens with zero attached hydrogens (tertiary/aromatic N) is 4. The topological polar surface area (TPSA) is 92.7 Å². The van der Waals surface area contributed by atoms with Crippen molar-refractivity contribution in [2.24, 2.45) is 0 Å². The minimum absolute atomic E-state index is 0.273. The van der Waals surface area contributed by atoms with Gasteiger partial charge in [-0.15, -0.1) is 15.3 Å². The first-order valence-corrected chi connectivity index (χ1v) is 5.21. The lowest BCUT2D eigenvalue weighted by molar-refractivity contribution is 0.102. The zero-order valence-corrected chi connectivity index (χ0v) is 9.15. The molecule has 2 aromatic heterocycles. The van der Waals surface area contributed by atoms with E-state index in [9.17, 15) is 4.79 Å². The van der Waals surface area contributed by atoms with E-state index >= 15 is 0 Å². The summed E-state index contributed by atoms with van der Waals surface area (Å²) >= 11 is 1.17. The molecule has 0 aliphatic heterocycles. The van der Waals surface area contributed by atoms with Gasteiger partial charge >= 0.3 is 0 Å². The second-order valence-corrected chi connectivity index (χ2v) is 3.70. The normalized spacial score (nSPS) is 9.81. The molecule has 0 fully saturated rings. The third-order valence-corrected chi connectivity index (χ3v) is 2.59. The van der Waals surface area contributed by atoms with Gasteiger partial charge in [-0.1, -0.05) is 11.3 Å². The van der Waals surface area contributed by atoms with Gasteiger partial charge in [-0.05, 0) is 12.1 Å². The van der Waals surface area contributed by atoms with Crippen molar-refractivity contribution in [2.75, 3.05) is 17.7 Å². The Labute approximate surface area is 94.9 Å². The van der Waals surface area contributed by atoms with Crippen LogP contribution in [0, 0.1) is 0 Å². The molecule has 16 heavy (non-hydrogen) atoms. The summed E-state index contributed by atoms with van der Waals surface area (Å²) in [4.78, 5) is 11.6. The maximum Gasteiger partial charge on any atom is 0.287 e.